The van der Waals surface area contributed by atoms with Gasteiger partial charge in [0.1, 0.15) is 0 Å². The molecule has 2 rings (SSSR count). The second kappa shape index (κ2) is 5.69. The van der Waals surface area contributed by atoms with E-state index in [1.54, 1.807) is 12.1 Å². The van der Waals surface area contributed by atoms with Crippen molar-refractivity contribution >= 4 is 23.2 Å². The molecule has 0 saturated carbocycles. The highest BCUT2D eigenvalue weighted by atomic mass is 35.5. The van der Waals surface area contributed by atoms with Gasteiger partial charge in [0.05, 0.1) is 16.1 Å². The summed E-state index contributed by atoms with van der Waals surface area (Å²) >= 11 is 11.8. The predicted molar refractivity (Wildman–Crippen MR) is 71.8 cm³/mol. The van der Waals surface area contributed by atoms with Crippen molar-refractivity contribution in [2.75, 3.05) is 7.05 Å². The number of hydrogen-bond donors (Lipinski definition) is 1. The molecule has 0 spiro atoms. The van der Waals surface area contributed by atoms with E-state index in [1.165, 1.54) is 0 Å². The Morgan fingerprint density at radius 2 is 2.11 bits per heavy atom. The summed E-state index contributed by atoms with van der Waals surface area (Å²) in [5.41, 5.74) is 0.783. The lowest BCUT2D eigenvalue weighted by Crippen LogP contribution is -2.15. The molecule has 1 heterocycles. The van der Waals surface area contributed by atoms with Crippen LogP contribution >= 0.6 is 23.2 Å². The lowest BCUT2D eigenvalue weighted by atomic mass is 10.2. The lowest BCUT2D eigenvalue weighted by molar-refractivity contribution is 0.334. The molecule has 18 heavy (non-hydrogen) atoms. The third-order valence-corrected chi connectivity index (χ3v) is 3.41. The minimum absolute atomic E-state index is 0.0639. The Bertz CT molecular complexity index is 538. The fraction of sp³-hybridized carbons (Fsp3) is 0.333. The summed E-state index contributed by atoms with van der Waals surface area (Å²) in [6.07, 6.45) is 0.875. The summed E-state index contributed by atoms with van der Waals surface area (Å²) in [6.45, 7) is 2.05. The number of aromatic nitrogens is 2. The van der Waals surface area contributed by atoms with Crippen LogP contribution in [0.1, 0.15) is 25.3 Å². The maximum Gasteiger partial charge on any atom is 0.244 e. The monoisotopic (exact) mass is 285 g/mol. The van der Waals surface area contributed by atoms with E-state index in [1.807, 2.05) is 20.0 Å². The van der Waals surface area contributed by atoms with Crippen molar-refractivity contribution in [3.8, 4) is 11.4 Å². The van der Waals surface area contributed by atoms with Crippen LogP contribution < -0.4 is 5.32 Å². The average molecular weight is 286 g/mol. The Balaban J connectivity index is 2.31. The Hall–Kier alpha value is -1.10. The minimum Gasteiger partial charge on any atom is -0.337 e. The molecule has 1 atom stereocenters. The first-order chi connectivity index (χ1) is 8.65. The molecule has 0 aliphatic heterocycles. The highest BCUT2D eigenvalue weighted by Crippen LogP contribution is 2.27. The van der Waals surface area contributed by atoms with Gasteiger partial charge in [-0.2, -0.15) is 4.98 Å². The highest BCUT2D eigenvalue weighted by Gasteiger charge is 2.16. The number of nitrogens with zero attached hydrogens (tertiary/aromatic N) is 2. The molecule has 0 aliphatic carbocycles. The standard InChI is InChI=1S/C12H13Cl2N3O/c1-3-10(15-2)12-16-11(17-18-12)7-4-5-8(13)9(14)6-7/h4-6,10,15H,3H2,1-2H3. The van der Waals surface area contributed by atoms with Crippen LogP contribution in [0.25, 0.3) is 11.4 Å². The molecule has 0 aliphatic rings. The molecular weight excluding hydrogens is 273 g/mol. The van der Waals surface area contributed by atoms with Gasteiger partial charge >= 0.3 is 0 Å². The van der Waals surface area contributed by atoms with Crippen molar-refractivity contribution in [3.05, 3.63) is 34.1 Å². The van der Waals surface area contributed by atoms with Gasteiger partial charge in [-0.1, -0.05) is 35.3 Å². The normalized spacial score (nSPS) is 12.7. The van der Waals surface area contributed by atoms with Crippen molar-refractivity contribution in [3.63, 3.8) is 0 Å². The van der Waals surface area contributed by atoms with E-state index in [2.05, 4.69) is 15.5 Å². The molecule has 0 radical (unpaired) electrons. The Morgan fingerprint density at radius 1 is 1.33 bits per heavy atom. The van der Waals surface area contributed by atoms with Crippen LogP contribution in [0.5, 0.6) is 0 Å². The summed E-state index contributed by atoms with van der Waals surface area (Å²) < 4.78 is 5.23. The topological polar surface area (TPSA) is 51.0 Å². The fourth-order valence-corrected chi connectivity index (χ4v) is 1.93. The summed E-state index contributed by atoms with van der Waals surface area (Å²) in [4.78, 5) is 4.35. The molecule has 4 nitrogen and oxygen atoms in total. The van der Waals surface area contributed by atoms with Gasteiger partial charge in [-0.3, -0.25) is 0 Å². The van der Waals surface area contributed by atoms with E-state index in [0.29, 0.717) is 21.8 Å². The third-order valence-electron chi connectivity index (χ3n) is 2.67. The first-order valence-corrected chi connectivity index (χ1v) is 6.37. The molecular formula is C12H13Cl2N3O. The van der Waals surface area contributed by atoms with Gasteiger partial charge in [-0.15, -0.1) is 0 Å². The van der Waals surface area contributed by atoms with Gasteiger partial charge in [0.25, 0.3) is 0 Å². The van der Waals surface area contributed by atoms with Crippen molar-refractivity contribution in [2.24, 2.45) is 0 Å². The number of hydrogen-bond acceptors (Lipinski definition) is 4. The SMILES string of the molecule is CCC(NC)c1nc(-c2ccc(Cl)c(Cl)c2)no1. The average Bonchev–Trinajstić information content (AvgIpc) is 2.84. The van der Waals surface area contributed by atoms with Crippen LogP contribution in [-0.4, -0.2) is 17.2 Å². The molecule has 2 aromatic rings. The molecule has 1 N–H and O–H groups in total. The van der Waals surface area contributed by atoms with Crippen molar-refractivity contribution in [1.29, 1.82) is 0 Å². The van der Waals surface area contributed by atoms with Gasteiger partial charge < -0.3 is 9.84 Å². The minimum atomic E-state index is 0.0639. The van der Waals surface area contributed by atoms with Crippen LogP contribution in [0.3, 0.4) is 0 Å². The first kappa shape index (κ1) is 13.3. The van der Waals surface area contributed by atoms with Crippen molar-refractivity contribution in [1.82, 2.24) is 15.5 Å². The maximum absolute atomic E-state index is 5.96. The molecule has 0 bridgehead atoms. The Morgan fingerprint density at radius 3 is 2.72 bits per heavy atom. The molecule has 1 aromatic carbocycles. The molecule has 0 saturated heterocycles. The summed E-state index contributed by atoms with van der Waals surface area (Å²) in [5, 5.41) is 8.03. The van der Waals surface area contributed by atoms with Gasteiger partial charge in [-0.25, -0.2) is 0 Å². The quantitative estimate of drug-likeness (QED) is 0.930. The summed E-state index contributed by atoms with van der Waals surface area (Å²) in [7, 11) is 1.86. The second-order valence-corrected chi connectivity index (χ2v) is 4.65. The van der Waals surface area contributed by atoms with Crippen molar-refractivity contribution < 1.29 is 4.52 Å². The molecule has 1 unspecified atom stereocenters. The zero-order chi connectivity index (χ0) is 13.1. The van der Waals surface area contributed by atoms with Gasteiger partial charge in [0, 0.05) is 5.56 Å². The molecule has 0 amide bonds. The highest BCUT2D eigenvalue weighted by molar-refractivity contribution is 6.42. The van der Waals surface area contributed by atoms with E-state index >= 15 is 0 Å². The number of nitrogens with one attached hydrogen (secondary N) is 1. The number of rotatable bonds is 4. The van der Waals surface area contributed by atoms with E-state index in [0.717, 1.165) is 12.0 Å². The van der Waals surface area contributed by atoms with Crippen LogP contribution in [-0.2, 0) is 0 Å². The van der Waals surface area contributed by atoms with Crippen LogP contribution in [0, 0.1) is 0 Å². The second-order valence-electron chi connectivity index (χ2n) is 3.83. The van der Waals surface area contributed by atoms with Gasteiger partial charge in [-0.05, 0) is 31.7 Å². The summed E-state index contributed by atoms with van der Waals surface area (Å²) in [6, 6.07) is 5.31. The predicted octanol–water partition coefficient (Wildman–Crippen LogP) is 3.71. The van der Waals surface area contributed by atoms with Crippen molar-refractivity contribution in [2.45, 2.75) is 19.4 Å². The van der Waals surface area contributed by atoms with E-state index in [-0.39, 0.29) is 6.04 Å². The zero-order valence-corrected chi connectivity index (χ0v) is 11.6. The largest absolute Gasteiger partial charge is 0.337 e. The van der Waals surface area contributed by atoms with Gasteiger partial charge in [0.15, 0.2) is 0 Å². The fourth-order valence-electron chi connectivity index (χ4n) is 1.63. The maximum atomic E-state index is 5.96. The Kier molecular flexibility index (Phi) is 4.22. The lowest BCUT2D eigenvalue weighted by Gasteiger charge is -2.06. The molecule has 0 fully saturated rings. The smallest absolute Gasteiger partial charge is 0.244 e. The molecule has 96 valence electrons. The van der Waals surface area contributed by atoms with E-state index < -0.39 is 0 Å². The Labute approximate surface area is 115 Å². The van der Waals surface area contributed by atoms with Crippen LogP contribution in [0.2, 0.25) is 10.0 Å². The van der Waals surface area contributed by atoms with Crippen LogP contribution in [0.4, 0.5) is 0 Å². The van der Waals surface area contributed by atoms with E-state index in [4.69, 9.17) is 27.7 Å². The van der Waals surface area contributed by atoms with E-state index in [9.17, 15) is 0 Å². The summed E-state index contributed by atoms with van der Waals surface area (Å²) in [5.74, 6) is 1.08. The zero-order valence-electron chi connectivity index (χ0n) is 10.1. The number of halogens is 2. The number of benzene rings is 1. The molecule has 6 heteroatoms. The van der Waals surface area contributed by atoms with Crippen LogP contribution in [0.15, 0.2) is 22.7 Å². The first-order valence-electron chi connectivity index (χ1n) is 5.62. The third kappa shape index (κ3) is 2.66. The molecule has 1 aromatic heterocycles. The van der Waals surface area contributed by atoms with Gasteiger partial charge in [0.2, 0.25) is 11.7 Å².